The molecule has 3 rings (SSSR count). The Morgan fingerprint density at radius 3 is 2.32 bits per heavy atom. The fourth-order valence-electron chi connectivity index (χ4n) is 2.38. The van der Waals surface area contributed by atoms with E-state index in [2.05, 4.69) is 36.1 Å². The molecular weight excluding hydrogens is 354 g/mol. The van der Waals surface area contributed by atoms with Crippen LogP contribution in [0.4, 0.5) is 0 Å². The standard InChI is InChI=1S/C19H21N3OS.ClH/c1-13(2)17(24-16-6-4-3-5-7-16)19-21-18(22-23-19)15-10-8-14(12-20)9-11-15;/h3-11,13,17H,12,20H2,1-2H3;1H. The first kappa shape index (κ1) is 19.5. The van der Waals surface area contributed by atoms with Crippen molar-refractivity contribution in [2.75, 3.05) is 0 Å². The van der Waals surface area contributed by atoms with Gasteiger partial charge in [0.15, 0.2) is 0 Å². The number of benzene rings is 2. The van der Waals surface area contributed by atoms with Crippen molar-refractivity contribution >= 4 is 24.2 Å². The predicted octanol–water partition coefficient (Wildman–Crippen LogP) is 5.11. The molecule has 6 heteroatoms. The molecule has 0 saturated heterocycles. The van der Waals surface area contributed by atoms with Crippen LogP contribution in [0.25, 0.3) is 11.4 Å². The number of aromatic nitrogens is 2. The maximum absolute atomic E-state index is 5.64. The number of nitrogens with two attached hydrogens (primary N) is 1. The molecule has 0 bridgehead atoms. The van der Waals surface area contributed by atoms with Crippen molar-refractivity contribution in [3.05, 3.63) is 66.1 Å². The van der Waals surface area contributed by atoms with Crippen LogP contribution in [0, 0.1) is 5.92 Å². The average molecular weight is 376 g/mol. The predicted molar refractivity (Wildman–Crippen MR) is 105 cm³/mol. The largest absolute Gasteiger partial charge is 0.338 e. The number of hydrogen-bond donors (Lipinski definition) is 1. The summed E-state index contributed by atoms with van der Waals surface area (Å²) in [5.41, 5.74) is 7.66. The van der Waals surface area contributed by atoms with Gasteiger partial charge in [-0.15, -0.1) is 24.2 Å². The Hall–Kier alpha value is -1.82. The first-order valence-corrected chi connectivity index (χ1v) is 8.90. The summed E-state index contributed by atoms with van der Waals surface area (Å²) in [5.74, 6) is 1.66. The van der Waals surface area contributed by atoms with Gasteiger partial charge in [0.2, 0.25) is 11.7 Å². The lowest BCUT2D eigenvalue weighted by atomic mass is 10.1. The van der Waals surface area contributed by atoms with Gasteiger partial charge in [0, 0.05) is 17.0 Å². The molecule has 0 fully saturated rings. The van der Waals surface area contributed by atoms with Crippen molar-refractivity contribution < 1.29 is 4.52 Å². The van der Waals surface area contributed by atoms with Crippen molar-refractivity contribution in [3.63, 3.8) is 0 Å². The highest BCUT2D eigenvalue weighted by Gasteiger charge is 2.24. The minimum atomic E-state index is 0. The highest BCUT2D eigenvalue weighted by Crippen LogP contribution is 2.40. The van der Waals surface area contributed by atoms with Crippen molar-refractivity contribution in [2.45, 2.75) is 30.5 Å². The van der Waals surface area contributed by atoms with Gasteiger partial charge in [-0.2, -0.15) is 4.98 Å². The monoisotopic (exact) mass is 375 g/mol. The summed E-state index contributed by atoms with van der Waals surface area (Å²) in [7, 11) is 0. The normalized spacial score (nSPS) is 12.0. The molecule has 0 aliphatic heterocycles. The molecule has 0 radical (unpaired) electrons. The summed E-state index contributed by atoms with van der Waals surface area (Å²) < 4.78 is 5.56. The van der Waals surface area contributed by atoms with E-state index in [1.54, 1.807) is 11.8 Å². The molecule has 2 aromatic carbocycles. The van der Waals surface area contributed by atoms with E-state index < -0.39 is 0 Å². The van der Waals surface area contributed by atoms with Crippen molar-refractivity contribution in [2.24, 2.45) is 11.7 Å². The fraction of sp³-hybridized carbons (Fsp3) is 0.263. The Labute approximate surface area is 158 Å². The lowest BCUT2D eigenvalue weighted by Gasteiger charge is -2.16. The SMILES string of the molecule is CC(C)C(Sc1ccccc1)c1nc(-c2ccc(CN)cc2)no1.Cl. The molecule has 0 saturated carbocycles. The highest BCUT2D eigenvalue weighted by atomic mass is 35.5. The Morgan fingerprint density at radius 1 is 1.04 bits per heavy atom. The van der Waals surface area contributed by atoms with Crippen LogP contribution in [0.2, 0.25) is 0 Å². The number of rotatable bonds is 6. The molecule has 3 aromatic rings. The number of hydrogen-bond acceptors (Lipinski definition) is 5. The van der Waals surface area contributed by atoms with Crippen LogP contribution in [0.1, 0.15) is 30.6 Å². The van der Waals surface area contributed by atoms with Crippen molar-refractivity contribution in [1.82, 2.24) is 10.1 Å². The second-order valence-electron chi connectivity index (χ2n) is 5.95. The molecule has 0 aliphatic rings. The molecule has 132 valence electrons. The van der Waals surface area contributed by atoms with Gasteiger partial charge in [-0.1, -0.05) is 61.5 Å². The third-order valence-corrected chi connectivity index (χ3v) is 5.29. The lowest BCUT2D eigenvalue weighted by Crippen LogP contribution is -2.03. The van der Waals surface area contributed by atoms with Gasteiger partial charge in [-0.3, -0.25) is 0 Å². The molecule has 0 amide bonds. The fourth-order valence-corrected chi connectivity index (χ4v) is 3.45. The summed E-state index contributed by atoms with van der Waals surface area (Å²) in [6.07, 6.45) is 0. The van der Waals surface area contributed by atoms with Crippen molar-refractivity contribution in [1.29, 1.82) is 0 Å². The number of halogens is 1. The maximum Gasteiger partial charge on any atom is 0.240 e. The van der Waals surface area contributed by atoms with Gasteiger partial charge in [0.25, 0.3) is 0 Å². The molecule has 25 heavy (non-hydrogen) atoms. The Morgan fingerprint density at radius 2 is 1.72 bits per heavy atom. The van der Waals surface area contributed by atoms with E-state index in [1.165, 1.54) is 4.90 Å². The molecule has 1 unspecified atom stereocenters. The summed E-state index contributed by atoms with van der Waals surface area (Å²) in [5, 5.41) is 4.28. The minimum absolute atomic E-state index is 0. The second-order valence-corrected chi connectivity index (χ2v) is 7.17. The molecule has 4 nitrogen and oxygen atoms in total. The van der Waals surface area contributed by atoms with Gasteiger partial charge in [-0.25, -0.2) is 0 Å². The molecule has 1 aromatic heterocycles. The zero-order valence-electron chi connectivity index (χ0n) is 14.3. The van der Waals surface area contributed by atoms with Crippen LogP contribution >= 0.6 is 24.2 Å². The first-order valence-electron chi connectivity index (χ1n) is 8.02. The summed E-state index contributed by atoms with van der Waals surface area (Å²) in [6.45, 7) is 4.86. The smallest absolute Gasteiger partial charge is 0.240 e. The molecule has 0 aliphatic carbocycles. The van der Waals surface area contributed by atoms with E-state index in [1.807, 2.05) is 42.5 Å². The number of thioether (sulfide) groups is 1. The van der Waals surface area contributed by atoms with Crippen molar-refractivity contribution in [3.8, 4) is 11.4 Å². The van der Waals surface area contributed by atoms with E-state index in [0.29, 0.717) is 24.2 Å². The second kappa shape index (κ2) is 9.04. The van der Waals surface area contributed by atoms with Gasteiger partial charge in [-0.05, 0) is 23.6 Å². The van der Waals surface area contributed by atoms with Crippen LogP contribution in [-0.2, 0) is 6.54 Å². The maximum atomic E-state index is 5.64. The van der Waals surface area contributed by atoms with Crippen LogP contribution < -0.4 is 5.73 Å². The summed E-state index contributed by atoms with van der Waals surface area (Å²) in [4.78, 5) is 5.82. The van der Waals surface area contributed by atoms with Crippen LogP contribution in [-0.4, -0.2) is 10.1 Å². The van der Waals surface area contributed by atoms with Gasteiger partial charge in [0.1, 0.15) is 0 Å². The highest BCUT2D eigenvalue weighted by molar-refractivity contribution is 7.99. The van der Waals surface area contributed by atoms with E-state index in [0.717, 1.165) is 11.1 Å². The third-order valence-electron chi connectivity index (χ3n) is 3.74. The van der Waals surface area contributed by atoms with Crippen LogP contribution in [0.3, 0.4) is 0 Å². The zero-order valence-corrected chi connectivity index (χ0v) is 15.9. The third kappa shape index (κ3) is 4.84. The molecule has 1 atom stereocenters. The number of nitrogens with zero attached hydrogens (tertiary/aromatic N) is 2. The van der Waals surface area contributed by atoms with Gasteiger partial charge >= 0.3 is 0 Å². The Kier molecular flexibility index (Phi) is 7.05. The quantitative estimate of drug-likeness (QED) is 0.606. The van der Waals surface area contributed by atoms with E-state index >= 15 is 0 Å². The summed E-state index contributed by atoms with van der Waals surface area (Å²) >= 11 is 1.75. The molecule has 2 N–H and O–H groups in total. The zero-order chi connectivity index (χ0) is 16.9. The lowest BCUT2D eigenvalue weighted by molar-refractivity contribution is 0.360. The van der Waals surface area contributed by atoms with Crippen LogP contribution in [0.15, 0.2) is 64.0 Å². The minimum Gasteiger partial charge on any atom is -0.338 e. The average Bonchev–Trinajstić information content (AvgIpc) is 3.10. The van der Waals surface area contributed by atoms with E-state index in [9.17, 15) is 0 Å². The van der Waals surface area contributed by atoms with Gasteiger partial charge < -0.3 is 10.3 Å². The topological polar surface area (TPSA) is 64.9 Å². The van der Waals surface area contributed by atoms with Gasteiger partial charge in [0.05, 0.1) is 5.25 Å². The molecule has 1 heterocycles. The van der Waals surface area contributed by atoms with E-state index in [-0.39, 0.29) is 17.7 Å². The Bertz CT molecular complexity index is 775. The molecular formula is C19H22ClN3OS. The van der Waals surface area contributed by atoms with E-state index in [4.69, 9.17) is 10.3 Å². The summed E-state index contributed by atoms with van der Waals surface area (Å²) in [6, 6.07) is 18.2. The molecule has 0 spiro atoms. The first-order chi connectivity index (χ1) is 11.7. The van der Waals surface area contributed by atoms with Crippen LogP contribution in [0.5, 0.6) is 0 Å². The Balaban J connectivity index is 0.00000225.